The fourth-order valence-corrected chi connectivity index (χ4v) is 2.17. The van der Waals surface area contributed by atoms with Crippen LogP contribution in [0, 0.1) is 0 Å². The van der Waals surface area contributed by atoms with Crippen molar-refractivity contribution >= 4 is 17.5 Å². The first-order chi connectivity index (χ1) is 10.6. The van der Waals surface area contributed by atoms with E-state index in [1.165, 1.54) is 18.2 Å². The first kappa shape index (κ1) is 16.2. The number of hydrogen-bond donors (Lipinski definition) is 1. The topological polar surface area (TPSA) is 38.3 Å². The van der Waals surface area contributed by atoms with E-state index in [9.17, 15) is 13.6 Å². The quantitative estimate of drug-likeness (QED) is 0.874. The van der Waals surface area contributed by atoms with Crippen LogP contribution in [0.5, 0.6) is 5.75 Å². The highest BCUT2D eigenvalue weighted by Crippen LogP contribution is 2.20. The average molecular weight is 326 g/mol. The predicted molar refractivity (Wildman–Crippen MR) is 80.6 cm³/mol. The van der Waals surface area contributed by atoms with Gasteiger partial charge in [-0.2, -0.15) is 8.78 Å². The third-order valence-corrected chi connectivity index (χ3v) is 3.17. The van der Waals surface area contributed by atoms with Gasteiger partial charge in [0.1, 0.15) is 5.75 Å². The second kappa shape index (κ2) is 7.75. The summed E-state index contributed by atoms with van der Waals surface area (Å²) in [6.07, 6.45) is 0.587. The molecule has 22 heavy (non-hydrogen) atoms. The van der Waals surface area contributed by atoms with Crippen LogP contribution in [0.3, 0.4) is 0 Å². The highest BCUT2D eigenvalue weighted by atomic mass is 35.5. The van der Waals surface area contributed by atoms with Gasteiger partial charge >= 0.3 is 6.61 Å². The number of benzene rings is 2. The molecule has 2 aromatic rings. The van der Waals surface area contributed by atoms with Gasteiger partial charge in [0.05, 0.1) is 5.56 Å². The van der Waals surface area contributed by atoms with Crippen molar-refractivity contribution in [3.8, 4) is 5.75 Å². The van der Waals surface area contributed by atoms with Gasteiger partial charge in [0, 0.05) is 11.6 Å². The van der Waals surface area contributed by atoms with Crippen molar-refractivity contribution in [1.82, 2.24) is 5.32 Å². The van der Waals surface area contributed by atoms with E-state index < -0.39 is 12.5 Å². The van der Waals surface area contributed by atoms with Gasteiger partial charge in [-0.25, -0.2) is 0 Å². The Hall–Kier alpha value is -2.14. The van der Waals surface area contributed by atoms with Crippen LogP contribution in [-0.2, 0) is 6.42 Å². The molecule has 3 nitrogen and oxygen atoms in total. The number of nitrogens with one attached hydrogen (secondary N) is 1. The van der Waals surface area contributed by atoms with Crippen LogP contribution in [-0.4, -0.2) is 19.1 Å². The Bertz CT molecular complexity index is 650. The summed E-state index contributed by atoms with van der Waals surface area (Å²) in [5.41, 5.74) is 1.05. The van der Waals surface area contributed by atoms with Gasteiger partial charge < -0.3 is 10.1 Å². The molecule has 1 N–H and O–H groups in total. The van der Waals surface area contributed by atoms with E-state index in [0.29, 0.717) is 18.0 Å². The summed E-state index contributed by atoms with van der Waals surface area (Å²) in [6.45, 7) is -2.61. The normalized spacial score (nSPS) is 10.5. The van der Waals surface area contributed by atoms with E-state index in [-0.39, 0.29) is 11.3 Å². The van der Waals surface area contributed by atoms with Crippen molar-refractivity contribution in [2.45, 2.75) is 13.0 Å². The smallest absolute Gasteiger partial charge is 0.387 e. The lowest BCUT2D eigenvalue weighted by Gasteiger charge is -2.11. The zero-order chi connectivity index (χ0) is 15.9. The first-order valence-corrected chi connectivity index (χ1v) is 7.00. The Morgan fingerprint density at radius 2 is 1.95 bits per heavy atom. The molecule has 0 aliphatic rings. The Kier molecular flexibility index (Phi) is 5.72. The van der Waals surface area contributed by atoms with Crippen LogP contribution < -0.4 is 10.1 Å². The van der Waals surface area contributed by atoms with Gasteiger partial charge in [0.15, 0.2) is 0 Å². The monoisotopic (exact) mass is 325 g/mol. The van der Waals surface area contributed by atoms with Gasteiger partial charge in [0.2, 0.25) is 0 Å². The molecule has 0 saturated heterocycles. The largest absolute Gasteiger partial charge is 0.434 e. The van der Waals surface area contributed by atoms with Gasteiger partial charge in [-0.15, -0.1) is 0 Å². The number of alkyl halides is 2. The minimum atomic E-state index is -2.97. The molecular formula is C16H14ClF2NO2. The number of carbonyl (C=O) groups is 1. The van der Waals surface area contributed by atoms with E-state index in [4.69, 9.17) is 11.6 Å². The van der Waals surface area contributed by atoms with Crippen LogP contribution >= 0.6 is 11.6 Å². The summed E-state index contributed by atoms with van der Waals surface area (Å²) < 4.78 is 29.0. The number of carbonyl (C=O) groups excluding carboxylic acids is 1. The molecule has 0 bridgehead atoms. The van der Waals surface area contributed by atoms with Crippen molar-refractivity contribution in [2.24, 2.45) is 0 Å². The molecular weight excluding hydrogens is 312 g/mol. The molecule has 0 unspecified atom stereocenters. The minimum absolute atomic E-state index is 0.0777. The summed E-state index contributed by atoms with van der Waals surface area (Å²) in [5, 5.41) is 3.30. The molecule has 0 aliphatic carbocycles. The van der Waals surface area contributed by atoms with Crippen molar-refractivity contribution in [3.05, 3.63) is 64.7 Å². The van der Waals surface area contributed by atoms with Crippen molar-refractivity contribution in [2.75, 3.05) is 6.54 Å². The van der Waals surface area contributed by atoms with Gasteiger partial charge in [0.25, 0.3) is 5.91 Å². The van der Waals surface area contributed by atoms with Crippen LogP contribution in [0.4, 0.5) is 8.78 Å². The molecule has 0 heterocycles. The number of para-hydroxylation sites is 1. The highest BCUT2D eigenvalue weighted by molar-refractivity contribution is 6.30. The van der Waals surface area contributed by atoms with Crippen molar-refractivity contribution < 1.29 is 18.3 Å². The molecule has 6 heteroatoms. The first-order valence-electron chi connectivity index (χ1n) is 6.63. The Morgan fingerprint density at radius 3 is 2.68 bits per heavy atom. The molecule has 2 aromatic carbocycles. The minimum Gasteiger partial charge on any atom is -0.434 e. The van der Waals surface area contributed by atoms with Crippen LogP contribution in [0.1, 0.15) is 15.9 Å². The number of halogens is 3. The molecule has 0 spiro atoms. The summed E-state index contributed by atoms with van der Waals surface area (Å²) in [4.78, 5) is 12.0. The molecule has 1 amide bonds. The van der Waals surface area contributed by atoms with Gasteiger partial charge in [-0.1, -0.05) is 35.9 Å². The van der Waals surface area contributed by atoms with Crippen LogP contribution in [0.15, 0.2) is 48.5 Å². The third-order valence-electron chi connectivity index (χ3n) is 2.94. The maximum atomic E-state index is 12.3. The number of ether oxygens (including phenoxy) is 1. The lowest BCUT2D eigenvalue weighted by Crippen LogP contribution is -2.26. The molecule has 0 atom stereocenters. The zero-order valence-electron chi connectivity index (χ0n) is 11.6. The van der Waals surface area contributed by atoms with Crippen LogP contribution in [0.25, 0.3) is 0 Å². The molecule has 116 valence electrons. The zero-order valence-corrected chi connectivity index (χ0v) is 12.3. The van der Waals surface area contributed by atoms with E-state index in [1.54, 1.807) is 12.1 Å². The highest BCUT2D eigenvalue weighted by Gasteiger charge is 2.14. The average Bonchev–Trinajstić information content (AvgIpc) is 2.47. The van der Waals surface area contributed by atoms with E-state index in [1.807, 2.05) is 18.2 Å². The Balaban J connectivity index is 1.95. The fourth-order valence-electron chi connectivity index (χ4n) is 1.96. The van der Waals surface area contributed by atoms with E-state index in [2.05, 4.69) is 10.1 Å². The number of rotatable bonds is 6. The van der Waals surface area contributed by atoms with Crippen molar-refractivity contribution in [3.63, 3.8) is 0 Å². The van der Waals surface area contributed by atoms with E-state index in [0.717, 1.165) is 5.56 Å². The number of hydrogen-bond acceptors (Lipinski definition) is 2. The second-order valence-corrected chi connectivity index (χ2v) is 4.95. The Labute approximate surface area is 131 Å². The SMILES string of the molecule is O=C(NCCc1cccc(Cl)c1)c1ccccc1OC(F)F. The molecule has 0 saturated carbocycles. The second-order valence-electron chi connectivity index (χ2n) is 4.51. The summed E-state index contributed by atoms with van der Waals surface area (Å²) >= 11 is 5.88. The molecule has 2 rings (SSSR count). The maximum absolute atomic E-state index is 12.3. The fraction of sp³-hybridized carbons (Fsp3) is 0.188. The molecule has 0 radical (unpaired) electrons. The molecule has 0 fully saturated rings. The van der Waals surface area contributed by atoms with Gasteiger partial charge in [-0.3, -0.25) is 4.79 Å². The lowest BCUT2D eigenvalue weighted by molar-refractivity contribution is -0.0501. The summed E-state index contributed by atoms with van der Waals surface area (Å²) in [5.74, 6) is -0.601. The Morgan fingerprint density at radius 1 is 1.18 bits per heavy atom. The van der Waals surface area contributed by atoms with E-state index >= 15 is 0 Å². The predicted octanol–water partition coefficient (Wildman–Crippen LogP) is 3.91. The summed E-state index contributed by atoms with van der Waals surface area (Å²) in [6, 6.07) is 13.2. The maximum Gasteiger partial charge on any atom is 0.387 e. The molecule has 0 aromatic heterocycles. The third kappa shape index (κ3) is 4.70. The summed E-state index contributed by atoms with van der Waals surface area (Å²) in [7, 11) is 0. The molecule has 0 aliphatic heterocycles. The van der Waals surface area contributed by atoms with Gasteiger partial charge in [-0.05, 0) is 36.2 Å². The van der Waals surface area contributed by atoms with Crippen LogP contribution in [0.2, 0.25) is 5.02 Å². The standard InChI is InChI=1S/C16H14ClF2NO2/c17-12-5-3-4-11(10-12)8-9-20-15(21)13-6-1-2-7-14(13)22-16(18)19/h1-7,10,16H,8-9H2,(H,20,21). The lowest BCUT2D eigenvalue weighted by atomic mass is 10.1. The van der Waals surface area contributed by atoms with Crippen molar-refractivity contribution in [1.29, 1.82) is 0 Å². The number of amides is 1.